The summed E-state index contributed by atoms with van der Waals surface area (Å²) in [4.78, 5) is 57.5. The van der Waals surface area contributed by atoms with Crippen molar-refractivity contribution in [2.45, 2.75) is 81.7 Å². The van der Waals surface area contributed by atoms with Gasteiger partial charge in [-0.25, -0.2) is 0 Å². The van der Waals surface area contributed by atoms with E-state index in [-0.39, 0.29) is 66.4 Å². The molecule has 5 amide bonds. The van der Waals surface area contributed by atoms with Gasteiger partial charge in [0, 0.05) is 26.9 Å². The van der Waals surface area contributed by atoms with Crippen molar-refractivity contribution in [1.82, 2.24) is 26.6 Å². The maximum absolute atomic E-state index is 12.3. The van der Waals surface area contributed by atoms with E-state index >= 15 is 0 Å². The molecule has 0 aliphatic carbocycles. The van der Waals surface area contributed by atoms with Crippen LogP contribution in [0.1, 0.15) is 75.7 Å². The molecule has 0 aromatic rings. The molecule has 0 aromatic carbocycles. The molecule has 0 rings (SSSR count). The largest absolute Gasteiger partial charge is 0.355 e. The smallest absolute Gasteiger partial charge is 0.242 e. The van der Waals surface area contributed by atoms with Crippen molar-refractivity contribution in [3.63, 3.8) is 0 Å². The van der Waals surface area contributed by atoms with Crippen molar-refractivity contribution in [2.75, 3.05) is 32.7 Å². The SMILES string of the molecule is C.C.C.C.CC(=O)NCC(=O)NCCCCC(NC(=O)CNC(C)=O)C(=O)NCCCCN. The monoisotopic (exact) mass is 478 g/mol. The van der Waals surface area contributed by atoms with E-state index in [0.717, 1.165) is 12.8 Å². The van der Waals surface area contributed by atoms with Crippen LogP contribution in [-0.2, 0) is 24.0 Å². The van der Waals surface area contributed by atoms with Crippen LogP contribution in [0.5, 0.6) is 0 Å². The number of nitrogens with one attached hydrogen (secondary N) is 5. The highest BCUT2D eigenvalue weighted by Crippen LogP contribution is 2.02. The summed E-state index contributed by atoms with van der Waals surface area (Å²) >= 11 is 0. The summed E-state index contributed by atoms with van der Waals surface area (Å²) in [6.45, 7) is 3.74. The third-order valence-corrected chi connectivity index (χ3v) is 3.82. The number of nitrogens with two attached hydrogens (primary N) is 1. The Morgan fingerprint density at radius 2 is 1.15 bits per heavy atom. The van der Waals surface area contributed by atoms with Gasteiger partial charge in [-0.1, -0.05) is 29.7 Å². The quantitative estimate of drug-likeness (QED) is 0.186. The molecule has 0 spiro atoms. The maximum atomic E-state index is 12.3. The minimum atomic E-state index is -0.732. The van der Waals surface area contributed by atoms with Crippen molar-refractivity contribution >= 4 is 29.5 Å². The lowest BCUT2D eigenvalue weighted by atomic mass is 10.1. The van der Waals surface area contributed by atoms with Crippen LogP contribution >= 0.6 is 0 Å². The predicted molar refractivity (Wildman–Crippen MR) is 134 cm³/mol. The molecule has 0 bridgehead atoms. The number of amides is 5. The predicted octanol–water partition coefficient (Wildman–Crippen LogP) is 0.429. The van der Waals surface area contributed by atoms with Crippen molar-refractivity contribution in [1.29, 1.82) is 0 Å². The number of hydrogen-bond acceptors (Lipinski definition) is 6. The molecular weight excluding hydrogens is 428 g/mol. The van der Waals surface area contributed by atoms with Crippen LogP contribution in [0.15, 0.2) is 0 Å². The molecule has 11 heteroatoms. The first kappa shape index (κ1) is 40.6. The summed E-state index contributed by atoms with van der Waals surface area (Å²) in [5.74, 6) is -1.66. The van der Waals surface area contributed by atoms with Gasteiger partial charge in [0.25, 0.3) is 0 Å². The highest BCUT2D eigenvalue weighted by atomic mass is 16.2. The van der Waals surface area contributed by atoms with Gasteiger partial charge in [-0.2, -0.15) is 0 Å². The van der Waals surface area contributed by atoms with E-state index in [1.165, 1.54) is 13.8 Å². The molecule has 0 fully saturated rings. The van der Waals surface area contributed by atoms with Gasteiger partial charge in [0.2, 0.25) is 29.5 Å². The van der Waals surface area contributed by atoms with Crippen molar-refractivity contribution in [3.8, 4) is 0 Å². The van der Waals surface area contributed by atoms with E-state index in [2.05, 4.69) is 26.6 Å². The van der Waals surface area contributed by atoms with Crippen molar-refractivity contribution in [3.05, 3.63) is 0 Å². The van der Waals surface area contributed by atoms with E-state index in [9.17, 15) is 24.0 Å². The van der Waals surface area contributed by atoms with Crippen molar-refractivity contribution in [2.24, 2.45) is 5.73 Å². The zero-order chi connectivity index (χ0) is 22.1. The average Bonchev–Trinajstić information content (AvgIpc) is 2.66. The number of unbranched alkanes of at least 4 members (excludes halogenated alkanes) is 2. The molecule has 11 nitrogen and oxygen atoms in total. The molecule has 33 heavy (non-hydrogen) atoms. The Kier molecular flexibility index (Phi) is 31.5. The topological polar surface area (TPSA) is 172 Å². The zero-order valence-corrected chi connectivity index (χ0v) is 17.3. The van der Waals surface area contributed by atoms with E-state index in [1.807, 2.05) is 0 Å². The van der Waals surface area contributed by atoms with E-state index in [1.54, 1.807) is 0 Å². The van der Waals surface area contributed by atoms with Gasteiger partial charge < -0.3 is 32.3 Å². The summed E-state index contributed by atoms with van der Waals surface area (Å²) in [5, 5.41) is 12.8. The van der Waals surface area contributed by atoms with Crippen molar-refractivity contribution < 1.29 is 24.0 Å². The van der Waals surface area contributed by atoms with Gasteiger partial charge in [0.05, 0.1) is 13.1 Å². The fourth-order valence-corrected chi connectivity index (χ4v) is 2.29. The van der Waals surface area contributed by atoms with E-state index < -0.39 is 11.9 Å². The Hall–Kier alpha value is -2.69. The number of hydrogen-bond donors (Lipinski definition) is 6. The van der Waals surface area contributed by atoms with Crippen LogP contribution in [0.25, 0.3) is 0 Å². The lowest BCUT2D eigenvalue weighted by molar-refractivity contribution is -0.129. The van der Waals surface area contributed by atoms with Gasteiger partial charge in [-0.15, -0.1) is 0 Å². The summed E-state index contributed by atoms with van der Waals surface area (Å²) in [6, 6.07) is -0.732. The molecule has 198 valence electrons. The lowest BCUT2D eigenvalue weighted by Crippen LogP contribution is -2.49. The molecule has 0 aromatic heterocycles. The van der Waals surface area contributed by atoms with Gasteiger partial charge >= 0.3 is 0 Å². The molecule has 7 N–H and O–H groups in total. The Morgan fingerprint density at radius 3 is 1.67 bits per heavy atom. The average molecular weight is 479 g/mol. The highest BCUT2D eigenvalue weighted by Gasteiger charge is 2.20. The fourth-order valence-electron chi connectivity index (χ4n) is 2.29. The van der Waals surface area contributed by atoms with Gasteiger partial charge in [-0.3, -0.25) is 24.0 Å². The highest BCUT2D eigenvalue weighted by molar-refractivity contribution is 5.89. The molecule has 0 saturated heterocycles. The van der Waals surface area contributed by atoms with Gasteiger partial charge in [0.1, 0.15) is 6.04 Å². The third-order valence-electron chi connectivity index (χ3n) is 3.82. The summed E-state index contributed by atoms with van der Waals surface area (Å²) in [7, 11) is 0. The molecule has 0 radical (unpaired) electrons. The second kappa shape index (κ2) is 25.6. The fraction of sp³-hybridized carbons (Fsp3) is 0.773. The normalized spacial score (nSPS) is 9.79. The van der Waals surface area contributed by atoms with Crippen LogP contribution in [-0.4, -0.2) is 68.3 Å². The molecule has 0 saturated carbocycles. The molecule has 0 heterocycles. The standard InChI is InChI=1S/C18H34N6O5.4CH4/c1-13(25)22-11-16(27)20-9-5-3-7-15(18(29)21-10-6-4-8-19)24-17(28)12-23-14(2)26;;;;/h15H,3-12,19H2,1-2H3,(H,20,27)(H,21,29)(H,22,25)(H,23,26)(H,24,28);4*1H4. The van der Waals surface area contributed by atoms with Gasteiger partial charge in [-0.05, 0) is 38.6 Å². The van der Waals surface area contributed by atoms with Gasteiger partial charge in [0.15, 0.2) is 0 Å². The molecule has 1 atom stereocenters. The maximum Gasteiger partial charge on any atom is 0.242 e. The third kappa shape index (κ3) is 25.4. The van der Waals surface area contributed by atoms with E-state index in [4.69, 9.17) is 5.73 Å². The molecule has 0 aliphatic heterocycles. The molecular formula is C22H50N6O5. The molecule has 0 aliphatic rings. The minimum Gasteiger partial charge on any atom is -0.355 e. The van der Waals surface area contributed by atoms with Crippen LogP contribution in [0.3, 0.4) is 0 Å². The summed E-state index contributed by atoms with van der Waals surface area (Å²) < 4.78 is 0. The second-order valence-electron chi connectivity index (χ2n) is 6.57. The number of carbonyl (C=O) groups excluding carboxylic acids is 5. The minimum absolute atomic E-state index is 0. The Labute approximate surface area is 200 Å². The Morgan fingerprint density at radius 1 is 0.667 bits per heavy atom. The number of rotatable bonds is 15. The lowest BCUT2D eigenvalue weighted by Gasteiger charge is -2.19. The Bertz CT molecular complexity index is 557. The first-order valence-electron chi connectivity index (χ1n) is 9.79. The summed E-state index contributed by atoms with van der Waals surface area (Å²) in [5.41, 5.74) is 5.42. The zero-order valence-electron chi connectivity index (χ0n) is 17.3. The second-order valence-corrected chi connectivity index (χ2v) is 6.57. The molecule has 1 unspecified atom stereocenters. The summed E-state index contributed by atoms with van der Waals surface area (Å²) in [6.07, 6.45) is 3.11. The number of carbonyl (C=O) groups is 5. The van der Waals surface area contributed by atoms with E-state index in [0.29, 0.717) is 38.9 Å². The first-order valence-corrected chi connectivity index (χ1v) is 9.79. The van der Waals surface area contributed by atoms with Crippen LogP contribution < -0.4 is 32.3 Å². The van der Waals surface area contributed by atoms with Crippen LogP contribution in [0, 0.1) is 0 Å². The van der Waals surface area contributed by atoms with Crippen LogP contribution in [0.2, 0.25) is 0 Å². The Balaban J connectivity index is -0.000000653. The first-order chi connectivity index (χ1) is 13.8. The van der Waals surface area contributed by atoms with Crippen LogP contribution in [0.4, 0.5) is 0 Å².